The van der Waals surface area contributed by atoms with Crippen LogP contribution in [0.4, 0.5) is 0 Å². The fourth-order valence-electron chi connectivity index (χ4n) is 0.666. The van der Waals surface area contributed by atoms with Crippen LogP contribution in [0.2, 0.25) is 0 Å². The average Bonchev–Trinajstić information content (AvgIpc) is 1.85. The molecule has 1 aromatic carbocycles. The molecule has 0 aliphatic carbocycles. The van der Waals surface area contributed by atoms with E-state index in [1.54, 1.807) is 7.11 Å². The van der Waals surface area contributed by atoms with E-state index in [4.69, 9.17) is 4.74 Å². The standard InChI is InChI=1S/C7H7IOS/c1-9-6-2-5(8)3-7(10)4-6/h2-4,10H,1H3. The van der Waals surface area contributed by atoms with Crippen molar-refractivity contribution in [2.75, 3.05) is 7.11 Å². The molecule has 3 heteroatoms. The van der Waals surface area contributed by atoms with Crippen molar-refractivity contribution < 1.29 is 4.74 Å². The van der Waals surface area contributed by atoms with Crippen LogP contribution in [0.15, 0.2) is 23.1 Å². The van der Waals surface area contributed by atoms with Gasteiger partial charge >= 0.3 is 0 Å². The topological polar surface area (TPSA) is 9.23 Å². The van der Waals surface area contributed by atoms with Crippen molar-refractivity contribution in [2.24, 2.45) is 0 Å². The van der Waals surface area contributed by atoms with Gasteiger partial charge in [-0.15, -0.1) is 12.6 Å². The number of rotatable bonds is 1. The SMILES string of the molecule is COc1cc(S)cc(I)c1. The molecule has 0 saturated carbocycles. The van der Waals surface area contributed by atoms with Crippen molar-refractivity contribution in [1.82, 2.24) is 0 Å². The molecule has 0 heterocycles. The van der Waals surface area contributed by atoms with Gasteiger partial charge in [-0.3, -0.25) is 0 Å². The van der Waals surface area contributed by atoms with Crippen LogP contribution in [0.25, 0.3) is 0 Å². The van der Waals surface area contributed by atoms with Gasteiger partial charge in [0.05, 0.1) is 7.11 Å². The minimum absolute atomic E-state index is 0.858. The number of methoxy groups -OCH3 is 1. The number of halogens is 1. The summed E-state index contributed by atoms with van der Waals surface area (Å²) < 4.78 is 6.16. The molecule has 54 valence electrons. The van der Waals surface area contributed by atoms with E-state index in [2.05, 4.69) is 35.2 Å². The molecule has 1 nitrogen and oxygen atoms in total. The predicted octanol–water partition coefficient (Wildman–Crippen LogP) is 2.59. The Morgan fingerprint density at radius 3 is 2.60 bits per heavy atom. The van der Waals surface area contributed by atoms with Crippen molar-refractivity contribution in [3.8, 4) is 5.75 Å². The van der Waals surface area contributed by atoms with E-state index < -0.39 is 0 Å². The fourth-order valence-corrected chi connectivity index (χ4v) is 1.82. The smallest absolute Gasteiger partial charge is 0.121 e. The molecule has 10 heavy (non-hydrogen) atoms. The summed E-state index contributed by atoms with van der Waals surface area (Å²) in [6, 6.07) is 5.82. The number of hydrogen-bond donors (Lipinski definition) is 1. The molecule has 0 bridgehead atoms. The Morgan fingerprint density at radius 1 is 1.40 bits per heavy atom. The largest absolute Gasteiger partial charge is 0.497 e. The first-order valence-corrected chi connectivity index (χ1v) is 4.28. The van der Waals surface area contributed by atoms with Gasteiger partial charge in [0.2, 0.25) is 0 Å². The number of benzene rings is 1. The first-order valence-electron chi connectivity index (χ1n) is 2.76. The molecule has 0 aromatic heterocycles. The fraction of sp³-hybridized carbons (Fsp3) is 0.143. The lowest BCUT2D eigenvalue weighted by Gasteiger charge is -2.00. The highest BCUT2D eigenvalue weighted by molar-refractivity contribution is 14.1. The van der Waals surface area contributed by atoms with Gasteiger partial charge in [-0.25, -0.2) is 0 Å². The van der Waals surface area contributed by atoms with E-state index in [9.17, 15) is 0 Å². The minimum atomic E-state index is 0.858. The highest BCUT2D eigenvalue weighted by atomic mass is 127. The van der Waals surface area contributed by atoms with Crippen LogP contribution in [-0.4, -0.2) is 7.11 Å². The molecule has 0 radical (unpaired) electrons. The predicted molar refractivity (Wildman–Crippen MR) is 53.0 cm³/mol. The van der Waals surface area contributed by atoms with Crippen LogP contribution in [0.1, 0.15) is 0 Å². The van der Waals surface area contributed by atoms with Gasteiger partial charge in [-0.1, -0.05) is 0 Å². The normalized spacial score (nSPS) is 9.50. The Bertz CT molecular complexity index is 217. The monoisotopic (exact) mass is 266 g/mol. The van der Waals surface area contributed by atoms with E-state index in [1.165, 1.54) is 0 Å². The van der Waals surface area contributed by atoms with Crippen LogP contribution in [0, 0.1) is 3.57 Å². The summed E-state index contributed by atoms with van der Waals surface area (Å²) in [6.45, 7) is 0. The van der Waals surface area contributed by atoms with Gasteiger partial charge in [-0.2, -0.15) is 0 Å². The van der Waals surface area contributed by atoms with Crippen LogP contribution < -0.4 is 4.74 Å². The zero-order valence-corrected chi connectivity index (χ0v) is 8.52. The Kier molecular flexibility index (Phi) is 2.85. The van der Waals surface area contributed by atoms with E-state index in [0.717, 1.165) is 14.2 Å². The molecule has 0 aliphatic heterocycles. The molecule has 1 aromatic rings. The van der Waals surface area contributed by atoms with E-state index >= 15 is 0 Å². The molecule has 1 rings (SSSR count). The summed E-state index contributed by atoms with van der Waals surface area (Å²) in [5.74, 6) is 0.858. The second kappa shape index (κ2) is 3.48. The Hall–Kier alpha value is 0.1000. The van der Waals surface area contributed by atoms with Crippen LogP contribution >= 0.6 is 35.2 Å². The highest BCUT2D eigenvalue weighted by Gasteiger charge is 1.94. The first kappa shape index (κ1) is 8.20. The number of ether oxygens (including phenoxy) is 1. The molecular weight excluding hydrogens is 259 g/mol. The summed E-state index contributed by atoms with van der Waals surface area (Å²) in [4.78, 5) is 0.934. The van der Waals surface area contributed by atoms with Crippen molar-refractivity contribution >= 4 is 35.2 Å². The van der Waals surface area contributed by atoms with E-state index in [-0.39, 0.29) is 0 Å². The maximum absolute atomic E-state index is 5.02. The second-order valence-electron chi connectivity index (χ2n) is 1.85. The van der Waals surface area contributed by atoms with Crippen molar-refractivity contribution in [3.63, 3.8) is 0 Å². The van der Waals surface area contributed by atoms with Crippen molar-refractivity contribution in [2.45, 2.75) is 4.90 Å². The summed E-state index contributed by atoms with van der Waals surface area (Å²) in [7, 11) is 1.65. The van der Waals surface area contributed by atoms with Gasteiger partial charge in [0.25, 0.3) is 0 Å². The second-order valence-corrected chi connectivity index (χ2v) is 3.61. The average molecular weight is 266 g/mol. The van der Waals surface area contributed by atoms with Gasteiger partial charge < -0.3 is 4.74 Å². The lowest BCUT2D eigenvalue weighted by molar-refractivity contribution is 0.413. The van der Waals surface area contributed by atoms with E-state index in [1.807, 2.05) is 18.2 Å². The number of hydrogen-bond acceptors (Lipinski definition) is 2. The van der Waals surface area contributed by atoms with Crippen LogP contribution in [-0.2, 0) is 0 Å². The molecule has 0 N–H and O–H groups in total. The Balaban J connectivity index is 3.06. The van der Waals surface area contributed by atoms with Gasteiger partial charge in [0.1, 0.15) is 5.75 Å². The third kappa shape index (κ3) is 2.05. The minimum Gasteiger partial charge on any atom is -0.497 e. The summed E-state index contributed by atoms with van der Waals surface area (Å²) >= 11 is 6.42. The summed E-state index contributed by atoms with van der Waals surface area (Å²) in [6.07, 6.45) is 0. The van der Waals surface area contributed by atoms with Crippen molar-refractivity contribution in [1.29, 1.82) is 0 Å². The first-order chi connectivity index (χ1) is 4.72. The quantitative estimate of drug-likeness (QED) is 0.607. The Labute approximate surface area is 79.3 Å². The lowest BCUT2D eigenvalue weighted by atomic mass is 10.3. The molecule has 0 amide bonds. The molecular formula is C7H7IOS. The molecule has 0 atom stereocenters. The maximum atomic E-state index is 5.02. The molecule has 0 spiro atoms. The zero-order valence-electron chi connectivity index (χ0n) is 5.47. The van der Waals surface area contributed by atoms with Gasteiger partial charge in [0, 0.05) is 8.47 Å². The van der Waals surface area contributed by atoms with Gasteiger partial charge in [0.15, 0.2) is 0 Å². The highest BCUT2D eigenvalue weighted by Crippen LogP contribution is 2.20. The third-order valence-corrected chi connectivity index (χ3v) is 1.97. The number of thiol groups is 1. The Morgan fingerprint density at radius 2 is 2.10 bits per heavy atom. The third-order valence-electron chi connectivity index (χ3n) is 1.09. The lowest BCUT2D eigenvalue weighted by Crippen LogP contribution is -1.83. The van der Waals surface area contributed by atoms with Crippen LogP contribution in [0.5, 0.6) is 5.75 Å². The van der Waals surface area contributed by atoms with Crippen LogP contribution in [0.3, 0.4) is 0 Å². The molecule has 0 aliphatic rings. The summed E-state index contributed by atoms with van der Waals surface area (Å²) in [5, 5.41) is 0. The van der Waals surface area contributed by atoms with E-state index in [0.29, 0.717) is 0 Å². The molecule has 0 fully saturated rings. The molecule has 0 unspecified atom stereocenters. The maximum Gasteiger partial charge on any atom is 0.121 e. The molecule has 0 saturated heterocycles. The zero-order chi connectivity index (χ0) is 7.56. The summed E-state index contributed by atoms with van der Waals surface area (Å²) in [5.41, 5.74) is 0. The van der Waals surface area contributed by atoms with Crippen molar-refractivity contribution in [3.05, 3.63) is 21.8 Å². The van der Waals surface area contributed by atoms with Gasteiger partial charge in [-0.05, 0) is 40.8 Å².